The van der Waals surface area contributed by atoms with Gasteiger partial charge >= 0.3 is 0 Å². The second kappa shape index (κ2) is 12.3. The number of anilines is 2. The van der Waals surface area contributed by atoms with Gasteiger partial charge < -0.3 is 20.2 Å². The zero-order valence-electron chi connectivity index (χ0n) is 23.4. The van der Waals surface area contributed by atoms with Crippen LogP contribution in [0.1, 0.15) is 43.7 Å². The van der Waals surface area contributed by atoms with Crippen LogP contribution in [0.4, 0.5) is 11.9 Å². The number of piperidine rings is 2. The Morgan fingerprint density at radius 1 is 0.925 bits per heavy atom. The molecule has 0 bridgehead atoms. The maximum Gasteiger partial charge on any atom is 0.230 e. The van der Waals surface area contributed by atoms with Crippen LogP contribution in [0.2, 0.25) is 0 Å². The summed E-state index contributed by atoms with van der Waals surface area (Å²) in [5, 5.41) is 17.4. The Morgan fingerprint density at radius 2 is 1.68 bits per heavy atom. The third-order valence-electron chi connectivity index (χ3n) is 8.71. The summed E-state index contributed by atoms with van der Waals surface area (Å²) in [6.45, 7) is 8.08. The van der Waals surface area contributed by atoms with Crippen molar-refractivity contribution in [3.63, 3.8) is 0 Å². The lowest BCUT2D eigenvalue weighted by atomic mass is 9.79. The lowest BCUT2D eigenvalue weighted by Crippen LogP contribution is -2.42. The minimum atomic E-state index is 0.263. The van der Waals surface area contributed by atoms with Crippen molar-refractivity contribution in [2.75, 3.05) is 49.5 Å². The Morgan fingerprint density at radius 3 is 2.35 bits per heavy atom. The number of pyridine rings is 1. The Kier molecular flexibility index (Phi) is 8.20. The van der Waals surface area contributed by atoms with Crippen molar-refractivity contribution >= 4 is 17.5 Å². The van der Waals surface area contributed by atoms with Crippen LogP contribution in [0.3, 0.4) is 0 Å². The van der Waals surface area contributed by atoms with Crippen molar-refractivity contribution < 1.29 is 5.11 Å². The molecule has 9 heteroatoms. The summed E-state index contributed by atoms with van der Waals surface area (Å²) < 4.78 is 1.84. The summed E-state index contributed by atoms with van der Waals surface area (Å²) in [5.74, 6) is 3.09. The van der Waals surface area contributed by atoms with E-state index in [-0.39, 0.29) is 6.61 Å². The molecule has 3 aromatic heterocycles. The number of hydrogen-bond donors (Lipinski definition) is 2. The summed E-state index contributed by atoms with van der Waals surface area (Å²) in [4.78, 5) is 19.2. The smallest absolute Gasteiger partial charge is 0.230 e. The largest absolute Gasteiger partial charge is 0.395 e. The Balaban J connectivity index is 1.14. The lowest BCUT2D eigenvalue weighted by Gasteiger charge is -2.40. The molecule has 0 radical (unpaired) electrons. The minimum Gasteiger partial charge on any atom is -0.395 e. The Hall–Kier alpha value is -3.56. The summed E-state index contributed by atoms with van der Waals surface area (Å²) >= 11 is 0. The average molecular weight is 541 g/mol. The zero-order valence-corrected chi connectivity index (χ0v) is 23.4. The number of aliphatic hydroxyl groups excluding tert-OH is 1. The summed E-state index contributed by atoms with van der Waals surface area (Å²) in [6.07, 6.45) is 9.49. The van der Waals surface area contributed by atoms with E-state index in [2.05, 4.69) is 56.4 Å². The molecule has 0 aliphatic carbocycles. The number of β-amino-alcohol motifs (C(OH)–C–C–N with tert-alkyl or cyclic N) is 1. The van der Waals surface area contributed by atoms with Gasteiger partial charge in [-0.1, -0.05) is 37.3 Å². The van der Waals surface area contributed by atoms with Crippen LogP contribution in [0.25, 0.3) is 16.9 Å². The number of aryl methyl sites for hydroxylation is 1. The fourth-order valence-electron chi connectivity index (χ4n) is 6.29. The van der Waals surface area contributed by atoms with Crippen LogP contribution in [0, 0.1) is 11.8 Å². The van der Waals surface area contributed by atoms with E-state index in [1.165, 1.54) is 31.2 Å². The molecule has 2 aliphatic heterocycles. The number of nitrogens with one attached hydrogen (secondary N) is 1. The molecule has 0 unspecified atom stereocenters. The highest BCUT2D eigenvalue weighted by Crippen LogP contribution is 2.33. The number of hydrogen-bond acceptors (Lipinski definition) is 8. The van der Waals surface area contributed by atoms with Crippen molar-refractivity contribution in [3.8, 4) is 11.3 Å². The number of rotatable bonds is 9. The van der Waals surface area contributed by atoms with E-state index in [1.807, 2.05) is 35.1 Å². The van der Waals surface area contributed by atoms with Crippen LogP contribution in [0.15, 0.2) is 54.9 Å². The van der Waals surface area contributed by atoms with E-state index in [0.717, 1.165) is 85.3 Å². The number of fused-ring (bicyclic) bond motifs is 1. The van der Waals surface area contributed by atoms with E-state index in [1.54, 1.807) is 0 Å². The van der Waals surface area contributed by atoms with Crippen LogP contribution in [0.5, 0.6) is 0 Å². The molecule has 2 saturated heterocycles. The molecule has 1 aromatic carbocycles. The number of likely N-dealkylation sites (tertiary alicyclic amines) is 1. The highest BCUT2D eigenvalue weighted by molar-refractivity contribution is 5.59. The van der Waals surface area contributed by atoms with Crippen molar-refractivity contribution in [1.82, 2.24) is 29.5 Å². The van der Waals surface area contributed by atoms with E-state index in [4.69, 9.17) is 9.97 Å². The minimum absolute atomic E-state index is 0.263. The first-order valence-corrected chi connectivity index (χ1v) is 14.8. The van der Waals surface area contributed by atoms with Gasteiger partial charge in [0.05, 0.1) is 18.5 Å². The molecular formula is C31H40N8O. The van der Waals surface area contributed by atoms with Gasteiger partial charge in [0.15, 0.2) is 5.65 Å². The Bertz CT molecular complexity index is 1370. The van der Waals surface area contributed by atoms with Gasteiger partial charge in [-0.15, -0.1) is 0 Å². The third-order valence-corrected chi connectivity index (χ3v) is 8.71. The van der Waals surface area contributed by atoms with Crippen molar-refractivity contribution in [2.45, 2.75) is 45.6 Å². The van der Waals surface area contributed by atoms with E-state index in [0.29, 0.717) is 6.54 Å². The van der Waals surface area contributed by atoms with Gasteiger partial charge in [0.1, 0.15) is 0 Å². The molecule has 210 valence electrons. The molecule has 2 fully saturated rings. The standard InChI is InChI=1S/C31H40N8O/c1-2-24-22-34-39-29(24)35-31(38-17-12-26(13-18-38)25-10-15-37(16-11-25)19-20-40)36-30(39)33-21-23-6-8-27(9-7-23)28-5-3-4-14-32-28/h3-9,14,22,25-26,40H,2,10-13,15-21H2,1H3,(H,33,35,36). The molecule has 0 spiro atoms. The lowest BCUT2D eigenvalue weighted by molar-refractivity contribution is 0.115. The first-order chi connectivity index (χ1) is 19.7. The van der Waals surface area contributed by atoms with Gasteiger partial charge in [-0.2, -0.15) is 19.6 Å². The molecule has 40 heavy (non-hydrogen) atoms. The average Bonchev–Trinajstić information content (AvgIpc) is 3.44. The number of aromatic nitrogens is 5. The summed E-state index contributed by atoms with van der Waals surface area (Å²) in [7, 11) is 0. The van der Waals surface area contributed by atoms with Gasteiger partial charge in [-0.3, -0.25) is 4.98 Å². The maximum absolute atomic E-state index is 9.25. The zero-order chi connectivity index (χ0) is 27.3. The second-order valence-corrected chi connectivity index (χ2v) is 11.1. The normalized spacial score (nSPS) is 17.5. The summed E-state index contributed by atoms with van der Waals surface area (Å²) in [5.41, 5.74) is 5.27. The van der Waals surface area contributed by atoms with Crippen molar-refractivity contribution in [2.24, 2.45) is 11.8 Å². The topological polar surface area (TPSA) is 94.7 Å². The molecule has 2 N–H and O–H groups in total. The van der Waals surface area contributed by atoms with E-state index < -0.39 is 0 Å². The number of aliphatic hydroxyl groups is 1. The van der Waals surface area contributed by atoms with Gasteiger partial charge in [0, 0.05) is 43.5 Å². The first-order valence-electron chi connectivity index (χ1n) is 14.8. The molecule has 6 rings (SSSR count). The van der Waals surface area contributed by atoms with Crippen molar-refractivity contribution in [1.29, 1.82) is 0 Å². The van der Waals surface area contributed by atoms with Gasteiger partial charge in [0.2, 0.25) is 11.9 Å². The molecule has 2 aliphatic rings. The molecule has 0 atom stereocenters. The molecule has 9 nitrogen and oxygen atoms in total. The maximum atomic E-state index is 9.25. The van der Waals surface area contributed by atoms with Crippen LogP contribution in [-0.2, 0) is 13.0 Å². The third kappa shape index (κ3) is 5.81. The SMILES string of the molecule is CCc1cnn2c(NCc3ccc(-c4ccccn4)cc3)nc(N3CCC(C4CCN(CCO)CC4)CC3)nc12. The van der Waals surface area contributed by atoms with E-state index >= 15 is 0 Å². The highest BCUT2D eigenvalue weighted by atomic mass is 16.3. The van der Waals surface area contributed by atoms with Crippen LogP contribution >= 0.6 is 0 Å². The molecule has 5 heterocycles. The fourth-order valence-corrected chi connectivity index (χ4v) is 6.29. The Labute approximate surface area is 236 Å². The van der Waals surface area contributed by atoms with Crippen LogP contribution in [-0.4, -0.2) is 73.9 Å². The second-order valence-electron chi connectivity index (χ2n) is 11.1. The number of benzene rings is 1. The number of nitrogens with zero attached hydrogens (tertiary/aromatic N) is 7. The van der Waals surface area contributed by atoms with Gasteiger partial charge in [0.25, 0.3) is 0 Å². The van der Waals surface area contributed by atoms with Gasteiger partial charge in [-0.05, 0) is 74.7 Å². The summed E-state index contributed by atoms with van der Waals surface area (Å²) in [6, 6.07) is 14.5. The molecule has 0 amide bonds. The predicted molar refractivity (Wildman–Crippen MR) is 158 cm³/mol. The van der Waals surface area contributed by atoms with Crippen molar-refractivity contribution in [3.05, 3.63) is 66.0 Å². The first kappa shape index (κ1) is 26.7. The quantitative estimate of drug-likeness (QED) is 0.325. The molecular weight excluding hydrogens is 500 g/mol. The van der Waals surface area contributed by atoms with Gasteiger partial charge in [-0.25, -0.2) is 0 Å². The monoisotopic (exact) mass is 540 g/mol. The molecule has 4 aromatic rings. The van der Waals surface area contributed by atoms with E-state index in [9.17, 15) is 5.11 Å². The predicted octanol–water partition coefficient (Wildman–Crippen LogP) is 4.28. The highest BCUT2D eigenvalue weighted by Gasteiger charge is 2.30. The molecule has 0 saturated carbocycles. The fraction of sp³-hybridized carbons (Fsp3) is 0.484. The van der Waals surface area contributed by atoms with Crippen LogP contribution < -0.4 is 10.2 Å².